The maximum absolute atomic E-state index is 13.2. The Balaban J connectivity index is 2.26. The zero-order valence-corrected chi connectivity index (χ0v) is 18.8. The molecule has 0 aromatic heterocycles. The van der Waals surface area contributed by atoms with Gasteiger partial charge < -0.3 is 19.9 Å². The fourth-order valence-electron chi connectivity index (χ4n) is 3.64. The minimum absolute atomic E-state index is 0.0211. The first kappa shape index (κ1) is 22.7. The highest BCUT2D eigenvalue weighted by Crippen LogP contribution is 2.51. The van der Waals surface area contributed by atoms with Crippen molar-refractivity contribution >= 4 is 29.6 Å². The van der Waals surface area contributed by atoms with Crippen molar-refractivity contribution in [3.63, 3.8) is 0 Å². The fourth-order valence-corrected chi connectivity index (χ4v) is 4.80. The van der Waals surface area contributed by atoms with Gasteiger partial charge in [0.05, 0.1) is 48.2 Å². The number of para-hydroxylation sites is 1. The number of hydrogen-bond donors (Lipinski definition) is 1. The first-order chi connectivity index (χ1) is 14.9. The summed E-state index contributed by atoms with van der Waals surface area (Å²) < 4.78 is 16.0. The highest BCUT2D eigenvalue weighted by Gasteiger charge is 2.49. The van der Waals surface area contributed by atoms with Crippen molar-refractivity contribution in [2.24, 2.45) is 5.73 Å². The number of carbonyl (C=O) groups excluding carboxylic acids is 3. The molecule has 1 saturated heterocycles. The number of nitrogens with zero attached hydrogens (tertiary/aromatic N) is 1. The van der Waals surface area contributed by atoms with Crippen LogP contribution in [0.1, 0.15) is 38.2 Å². The first-order valence-corrected chi connectivity index (χ1v) is 10.9. The van der Waals surface area contributed by atoms with Crippen LogP contribution in [0.25, 0.3) is 0 Å². The molecule has 0 bridgehead atoms. The monoisotopic (exact) mass is 446 g/mol. The molecule has 9 heteroatoms. The lowest BCUT2D eigenvalue weighted by Gasteiger charge is -2.33. The zero-order chi connectivity index (χ0) is 22.7. The van der Waals surface area contributed by atoms with Gasteiger partial charge in [0.1, 0.15) is 11.6 Å². The molecule has 166 valence electrons. The number of carbonyl (C=O) groups is 3. The average molecular weight is 447 g/mol. The summed E-state index contributed by atoms with van der Waals surface area (Å²) in [6, 6.07) is 7.04. The van der Waals surface area contributed by atoms with Crippen molar-refractivity contribution in [2.75, 3.05) is 20.8 Å². The number of methoxy groups -OCH3 is 2. The van der Waals surface area contributed by atoms with Crippen LogP contribution in [0.4, 0.5) is 0 Å². The lowest BCUT2D eigenvalue weighted by atomic mass is 9.82. The Labute approximate surface area is 185 Å². The Morgan fingerprint density at radius 3 is 2.52 bits per heavy atom. The van der Waals surface area contributed by atoms with Crippen LogP contribution in [0.15, 0.2) is 46.3 Å². The van der Waals surface area contributed by atoms with Gasteiger partial charge in [0.25, 0.3) is 0 Å². The molecule has 3 rings (SSSR count). The fraction of sp³-hybridized carbons (Fsp3) is 0.409. The van der Waals surface area contributed by atoms with E-state index in [1.54, 1.807) is 31.2 Å². The third-order valence-corrected chi connectivity index (χ3v) is 6.37. The number of esters is 2. The third kappa shape index (κ3) is 4.01. The van der Waals surface area contributed by atoms with Crippen molar-refractivity contribution in [1.29, 1.82) is 0 Å². The highest BCUT2D eigenvalue weighted by atomic mass is 32.2. The second-order valence-corrected chi connectivity index (χ2v) is 8.44. The number of ether oxygens (including phenoxy) is 3. The molecule has 2 aliphatic heterocycles. The molecule has 0 saturated carbocycles. The molecule has 8 nitrogen and oxygen atoms in total. The molecule has 2 unspecified atom stereocenters. The maximum atomic E-state index is 13.2. The Morgan fingerprint density at radius 1 is 1.16 bits per heavy atom. The molecule has 1 amide bonds. The first-order valence-electron chi connectivity index (χ1n) is 10.00. The van der Waals surface area contributed by atoms with Crippen molar-refractivity contribution in [3.05, 3.63) is 51.8 Å². The molecule has 0 spiro atoms. The van der Waals surface area contributed by atoms with Gasteiger partial charge in [-0.15, -0.1) is 0 Å². The van der Waals surface area contributed by atoms with Crippen LogP contribution in [-0.4, -0.2) is 48.8 Å². The second-order valence-electron chi connectivity index (χ2n) is 7.11. The highest BCUT2D eigenvalue weighted by molar-refractivity contribution is 8.04. The van der Waals surface area contributed by atoms with E-state index in [1.165, 1.54) is 30.9 Å². The molecule has 2 N–H and O–H groups in total. The average Bonchev–Trinajstić information content (AvgIpc) is 3.07. The van der Waals surface area contributed by atoms with Crippen LogP contribution in [-0.2, 0) is 23.9 Å². The van der Waals surface area contributed by atoms with Crippen LogP contribution >= 0.6 is 11.8 Å². The Morgan fingerprint density at radius 2 is 1.87 bits per heavy atom. The van der Waals surface area contributed by atoms with Gasteiger partial charge in [-0.25, -0.2) is 9.59 Å². The quantitative estimate of drug-likeness (QED) is 0.503. The number of hydrogen-bond acceptors (Lipinski definition) is 8. The summed E-state index contributed by atoms with van der Waals surface area (Å²) in [4.78, 5) is 40.2. The van der Waals surface area contributed by atoms with Crippen molar-refractivity contribution in [2.45, 2.75) is 37.9 Å². The Hall–Kier alpha value is -2.94. The Kier molecular flexibility index (Phi) is 6.94. The third-order valence-electron chi connectivity index (χ3n) is 5.19. The minimum Gasteiger partial charge on any atom is -0.496 e. The van der Waals surface area contributed by atoms with Crippen molar-refractivity contribution in [3.8, 4) is 5.75 Å². The summed E-state index contributed by atoms with van der Waals surface area (Å²) in [6.45, 7) is 3.90. The van der Waals surface area contributed by atoms with Crippen molar-refractivity contribution in [1.82, 2.24) is 4.90 Å². The van der Waals surface area contributed by atoms with Crippen LogP contribution in [0, 0.1) is 0 Å². The van der Waals surface area contributed by atoms with Gasteiger partial charge >= 0.3 is 11.9 Å². The number of nitrogens with two attached hydrogens (primary N) is 1. The van der Waals surface area contributed by atoms with E-state index in [-0.39, 0.29) is 29.5 Å². The zero-order valence-electron chi connectivity index (χ0n) is 18.0. The maximum Gasteiger partial charge on any atom is 0.338 e. The lowest BCUT2D eigenvalue weighted by Crippen LogP contribution is -2.40. The molecule has 1 aromatic rings. The van der Waals surface area contributed by atoms with Crippen LogP contribution in [0.5, 0.6) is 5.75 Å². The number of rotatable bonds is 7. The molecular weight excluding hydrogens is 420 g/mol. The number of amides is 1. The van der Waals surface area contributed by atoms with Gasteiger partial charge in [-0.1, -0.05) is 43.3 Å². The van der Waals surface area contributed by atoms with Crippen LogP contribution in [0.3, 0.4) is 0 Å². The van der Waals surface area contributed by atoms with E-state index >= 15 is 0 Å². The molecule has 31 heavy (non-hydrogen) atoms. The molecule has 1 aromatic carbocycles. The summed E-state index contributed by atoms with van der Waals surface area (Å²) in [5.41, 5.74) is 7.12. The molecule has 2 aliphatic rings. The molecule has 2 atom stereocenters. The summed E-state index contributed by atoms with van der Waals surface area (Å²) >= 11 is 1.21. The summed E-state index contributed by atoms with van der Waals surface area (Å²) in [5.74, 6) is -2.12. The predicted octanol–water partition coefficient (Wildman–Crippen LogP) is 2.65. The number of unbranched alkanes of at least 4 members (excludes halogenated alkanes) is 1. The molecule has 0 radical (unpaired) electrons. The number of benzene rings is 1. The van der Waals surface area contributed by atoms with Gasteiger partial charge in [-0.2, -0.15) is 0 Å². The topological polar surface area (TPSA) is 108 Å². The molecule has 1 fully saturated rings. The molecular formula is C22H26N2O6S. The van der Waals surface area contributed by atoms with Gasteiger partial charge in [-0.3, -0.25) is 9.69 Å². The van der Waals surface area contributed by atoms with E-state index in [0.717, 1.165) is 6.42 Å². The number of thioether (sulfide) groups is 1. The van der Waals surface area contributed by atoms with E-state index < -0.39 is 23.1 Å². The van der Waals surface area contributed by atoms with E-state index in [2.05, 4.69) is 0 Å². The molecule has 2 heterocycles. The molecule has 0 aliphatic carbocycles. The smallest absolute Gasteiger partial charge is 0.338 e. The van der Waals surface area contributed by atoms with Crippen molar-refractivity contribution < 1.29 is 28.6 Å². The van der Waals surface area contributed by atoms with E-state index in [9.17, 15) is 14.4 Å². The summed E-state index contributed by atoms with van der Waals surface area (Å²) in [6.07, 6.45) is 1.52. The predicted molar refractivity (Wildman–Crippen MR) is 116 cm³/mol. The van der Waals surface area contributed by atoms with Crippen LogP contribution < -0.4 is 10.5 Å². The van der Waals surface area contributed by atoms with Gasteiger partial charge in [0.15, 0.2) is 0 Å². The lowest BCUT2D eigenvalue weighted by molar-refractivity contribution is -0.139. The van der Waals surface area contributed by atoms with Gasteiger partial charge in [0.2, 0.25) is 5.91 Å². The summed E-state index contributed by atoms with van der Waals surface area (Å²) in [5, 5.41) is -0.107. The number of fused-ring (bicyclic) bond motifs is 1. The largest absolute Gasteiger partial charge is 0.496 e. The second kappa shape index (κ2) is 9.47. The van der Waals surface area contributed by atoms with E-state index in [0.29, 0.717) is 22.8 Å². The van der Waals surface area contributed by atoms with Gasteiger partial charge in [-0.05, 0) is 19.4 Å². The SMILES string of the molecule is CCCCOC(=O)C1=C(N)N2C(=O)C(C)SC2=C(C(=O)OC)C1c1ccccc1OC. The minimum atomic E-state index is -0.908. The normalized spacial score (nSPS) is 20.6. The standard InChI is InChI=1S/C22H26N2O6S/c1-5-6-11-30-22(27)16-15(13-9-7-8-10-14(13)28-3)17(21(26)29-4)20-24(18(16)23)19(25)12(2)31-20/h7-10,12,15H,5-6,11,23H2,1-4H3. The summed E-state index contributed by atoms with van der Waals surface area (Å²) in [7, 11) is 2.76. The van der Waals surface area contributed by atoms with E-state index in [1.807, 2.05) is 6.92 Å². The van der Waals surface area contributed by atoms with Gasteiger partial charge in [0, 0.05) is 5.56 Å². The van der Waals surface area contributed by atoms with E-state index in [4.69, 9.17) is 19.9 Å². The van der Waals surface area contributed by atoms with Crippen LogP contribution in [0.2, 0.25) is 0 Å². The Bertz CT molecular complexity index is 971.